The first kappa shape index (κ1) is 41.5. The molecule has 0 aliphatic heterocycles. The summed E-state index contributed by atoms with van der Waals surface area (Å²) in [5, 5.41) is 18.2. The molecule has 5 atom stereocenters. The van der Waals surface area contributed by atoms with E-state index in [1.165, 1.54) is 6.33 Å². The van der Waals surface area contributed by atoms with Crippen LogP contribution in [0.1, 0.15) is 82.5 Å². The van der Waals surface area contributed by atoms with Gasteiger partial charge < -0.3 is 31.2 Å². The smallest absolute Gasteiger partial charge is 0.417 e. The highest BCUT2D eigenvalue weighted by Crippen LogP contribution is 2.30. The number of H-pyrrole nitrogens is 1. The number of imide groups is 1. The number of hydrogen-bond donors (Lipinski definition) is 5. The number of benzene rings is 2. The number of halogens is 1. The van der Waals surface area contributed by atoms with Crippen molar-refractivity contribution in [2.75, 3.05) is 7.05 Å². The zero-order valence-electron chi connectivity index (χ0n) is 31.2. The van der Waals surface area contributed by atoms with Crippen LogP contribution in [-0.4, -0.2) is 80.7 Å². The third kappa shape index (κ3) is 13.0. The number of carbonyl (C=O) groups excluding carboxylic acids is 4. The van der Waals surface area contributed by atoms with Gasteiger partial charge in [0.2, 0.25) is 17.7 Å². The summed E-state index contributed by atoms with van der Waals surface area (Å²) >= 11 is 6.10. The number of hydrogen-bond acceptors (Lipinski definition) is 8. The molecule has 3 aromatic rings. The first-order chi connectivity index (χ1) is 25.2. The van der Waals surface area contributed by atoms with E-state index in [4.69, 9.17) is 22.1 Å². The average Bonchev–Trinajstić information content (AvgIpc) is 3.64. The molecule has 0 spiro atoms. The zero-order valence-corrected chi connectivity index (χ0v) is 32.0. The van der Waals surface area contributed by atoms with Crippen LogP contribution in [0.5, 0.6) is 0 Å². The number of ether oxygens (including phenoxy) is 1. The van der Waals surface area contributed by atoms with Crippen LogP contribution < -0.4 is 16.4 Å². The van der Waals surface area contributed by atoms with Crippen molar-refractivity contribution in [1.29, 1.82) is 0 Å². The lowest BCUT2D eigenvalue weighted by Gasteiger charge is -2.35. The van der Waals surface area contributed by atoms with E-state index in [2.05, 4.69) is 20.6 Å². The third-order valence-electron chi connectivity index (χ3n) is 9.66. The Labute approximate surface area is 317 Å². The number of carbonyl (C=O) groups is 4. The van der Waals surface area contributed by atoms with Gasteiger partial charge in [-0.2, -0.15) is 0 Å². The van der Waals surface area contributed by atoms with E-state index >= 15 is 0 Å². The van der Waals surface area contributed by atoms with Crippen molar-refractivity contribution in [2.45, 2.75) is 115 Å². The monoisotopic (exact) mass is 750 g/mol. The van der Waals surface area contributed by atoms with Gasteiger partial charge in [-0.25, -0.2) is 14.7 Å². The molecule has 13 heteroatoms. The highest BCUT2D eigenvalue weighted by molar-refractivity contribution is 6.30. The molecule has 1 aliphatic carbocycles. The minimum atomic E-state index is -1.42. The van der Waals surface area contributed by atoms with Crippen LogP contribution in [0.15, 0.2) is 67.1 Å². The minimum absolute atomic E-state index is 0.0562. The van der Waals surface area contributed by atoms with Crippen molar-refractivity contribution >= 4 is 35.4 Å². The van der Waals surface area contributed by atoms with Crippen molar-refractivity contribution in [1.82, 2.24) is 25.5 Å². The van der Waals surface area contributed by atoms with Crippen LogP contribution in [0.4, 0.5) is 4.79 Å². The Balaban J connectivity index is 1.67. The van der Waals surface area contributed by atoms with Crippen molar-refractivity contribution < 1.29 is 29.0 Å². The first-order valence-corrected chi connectivity index (χ1v) is 18.9. The van der Waals surface area contributed by atoms with Gasteiger partial charge in [0.15, 0.2) is 0 Å². The lowest BCUT2D eigenvalue weighted by Crippen LogP contribution is -2.60. The number of nitrogens with two attached hydrogens (primary N) is 1. The summed E-state index contributed by atoms with van der Waals surface area (Å²) in [6.45, 7) is 5.01. The standard InChI is InChI=1S/C40H55ClN6O6/c1-40(2,3)53-39(52)47(38(51)32(42)20-26-11-7-5-8-12-26)34(23-31-24-44-25-45-31)37(50)46-33(21-27-13-9-6-10-14-27)35(48)22-29(36(49)43-4)19-28-15-17-30(41)18-16-28/h5,7-8,11-12,15-18,24-25,27,29,32-35,48H,6,9-10,13-14,19-23,42H2,1-4H3,(H,43,49)(H,44,45)(H,46,50)/t29-,32+,33+,34+,35+/m1/s1. The maximum atomic E-state index is 14.6. The molecule has 0 saturated heterocycles. The number of amides is 4. The van der Waals surface area contributed by atoms with E-state index in [-0.39, 0.29) is 31.1 Å². The molecule has 1 heterocycles. The van der Waals surface area contributed by atoms with Gasteiger partial charge in [0, 0.05) is 30.6 Å². The Morgan fingerprint density at radius 2 is 1.64 bits per heavy atom. The Kier molecular flexibility index (Phi) is 15.4. The molecule has 12 nitrogen and oxygen atoms in total. The van der Waals surface area contributed by atoms with E-state index in [0.29, 0.717) is 23.6 Å². The van der Waals surface area contributed by atoms with Crippen LogP contribution in [0, 0.1) is 11.8 Å². The fraction of sp³-hybridized carbons (Fsp3) is 0.525. The van der Waals surface area contributed by atoms with E-state index < -0.39 is 53.7 Å². The normalized spacial score (nSPS) is 16.4. The average molecular weight is 751 g/mol. The molecular weight excluding hydrogens is 696 g/mol. The molecule has 288 valence electrons. The second kappa shape index (κ2) is 19.7. The lowest BCUT2D eigenvalue weighted by atomic mass is 9.81. The number of imidazole rings is 1. The summed E-state index contributed by atoms with van der Waals surface area (Å²) < 4.78 is 5.70. The predicted octanol–water partition coefficient (Wildman–Crippen LogP) is 5.12. The molecule has 0 unspecified atom stereocenters. The summed E-state index contributed by atoms with van der Waals surface area (Å²) in [5.74, 6) is -2.09. The second-order valence-electron chi connectivity index (χ2n) is 15.1. The molecule has 1 saturated carbocycles. The molecule has 4 amide bonds. The van der Waals surface area contributed by atoms with Gasteiger partial charge in [-0.05, 0) is 75.6 Å². The van der Waals surface area contributed by atoms with Crippen LogP contribution in [0.2, 0.25) is 5.02 Å². The molecule has 1 aromatic heterocycles. The molecule has 0 bridgehead atoms. The number of aromatic nitrogens is 2. The lowest BCUT2D eigenvalue weighted by molar-refractivity contribution is -0.141. The summed E-state index contributed by atoms with van der Waals surface area (Å²) in [7, 11) is 1.55. The number of rotatable bonds is 16. The van der Waals surface area contributed by atoms with E-state index in [1.54, 1.807) is 46.1 Å². The summed E-state index contributed by atoms with van der Waals surface area (Å²) in [5.41, 5.74) is 7.56. The van der Waals surface area contributed by atoms with Crippen molar-refractivity contribution in [3.8, 4) is 0 Å². The first-order valence-electron chi connectivity index (χ1n) is 18.5. The molecule has 0 radical (unpaired) electrons. The molecule has 6 N–H and O–H groups in total. The van der Waals surface area contributed by atoms with Crippen LogP contribution in [-0.2, 0) is 38.4 Å². The van der Waals surface area contributed by atoms with Gasteiger partial charge in [0.05, 0.1) is 30.2 Å². The highest BCUT2D eigenvalue weighted by Gasteiger charge is 2.42. The Bertz CT molecular complexity index is 1610. The Hall–Kier alpha value is -4.26. The third-order valence-corrected chi connectivity index (χ3v) is 9.91. The topological polar surface area (TPSA) is 180 Å². The van der Waals surface area contributed by atoms with Gasteiger partial charge in [0.25, 0.3) is 0 Å². The maximum absolute atomic E-state index is 14.6. The zero-order chi connectivity index (χ0) is 38.5. The van der Waals surface area contributed by atoms with Crippen LogP contribution >= 0.6 is 11.6 Å². The van der Waals surface area contributed by atoms with E-state index in [0.717, 1.165) is 48.1 Å². The molecule has 1 aliphatic rings. The van der Waals surface area contributed by atoms with Gasteiger partial charge >= 0.3 is 6.09 Å². The molecular formula is C40H55ClN6O6. The van der Waals surface area contributed by atoms with Crippen molar-refractivity contribution in [2.24, 2.45) is 17.6 Å². The number of aliphatic hydroxyl groups is 1. The van der Waals surface area contributed by atoms with Gasteiger partial charge in [0.1, 0.15) is 11.6 Å². The molecule has 4 rings (SSSR count). The number of aliphatic hydroxyl groups excluding tert-OH is 1. The highest BCUT2D eigenvalue weighted by atomic mass is 35.5. The summed E-state index contributed by atoms with van der Waals surface area (Å²) in [6, 6.07) is 13.0. The van der Waals surface area contributed by atoms with Gasteiger partial charge in [-0.1, -0.05) is 86.2 Å². The van der Waals surface area contributed by atoms with Crippen molar-refractivity contribution in [3.63, 3.8) is 0 Å². The van der Waals surface area contributed by atoms with E-state index in [9.17, 15) is 24.3 Å². The van der Waals surface area contributed by atoms with Gasteiger partial charge in [-0.3, -0.25) is 14.4 Å². The Morgan fingerprint density at radius 1 is 0.981 bits per heavy atom. The largest absolute Gasteiger partial charge is 0.443 e. The molecule has 2 aromatic carbocycles. The minimum Gasteiger partial charge on any atom is -0.443 e. The van der Waals surface area contributed by atoms with E-state index in [1.807, 2.05) is 42.5 Å². The second-order valence-corrected chi connectivity index (χ2v) is 15.5. The van der Waals surface area contributed by atoms with Gasteiger partial charge in [-0.15, -0.1) is 0 Å². The molecule has 1 fully saturated rings. The fourth-order valence-electron chi connectivity index (χ4n) is 6.94. The number of nitrogens with one attached hydrogen (secondary N) is 3. The predicted molar refractivity (Wildman–Crippen MR) is 204 cm³/mol. The molecule has 53 heavy (non-hydrogen) atoms. The fourth-order valence-corrected chi connectivity index (χ4v) is 7.06. The van der Waals surface area contributed by atoms with Crippen LogP contribution in [0.3, 0.4) is 0 Å². The summed E-state index contributed by atoms with van der Waals surface area (Å²) in [6.07, 6.45) is 6.81. The number of nitrogens with zero attached hydrogens (tertiary/aromatic N) is 2. The SMILES string of the molecule is CNC(=O)[C@H](Cc1ccc(Cl)cc1)C[C@H](O)[C@H](CC1CCCCC1)NC(=O)[C@H](Cc1c[nH]cn1)N(C(=O)OC(C)(C)C)C(=O)[C@@H](N)Cc1ccccc1. The maximum Gasteiger partial charge on any atom is 0.417 e. The summed E-state index contributed by atoms with van der Waals surface area (Å²) in [4.78, 5) is 63.9. The quantitative estimate of drug-likeness (QED) is 0.134. The van der Waals surface area contributed by atoms with Crippen LogP contribution in [0.25, 0.3) is 0 Å². The Morgan fingerprint density at radius 3 is 2.25 bits per heavy atom. The van der Waals surface area contributed by atoms with Crippen molar-refractivity contribution in [3.05, 3.63) is 89.0 Å². The number of aromatic amines is 1.